The highest BCUT2D eigenvalue weighted by Crippen LogP contribution is 2.21. The lowest BCUT2D eigenvalue weighted by molar-refractivity contribution is -0.116. The number of aromatic nitrogens is 2. The molecule has 0 spiro atoms. The number of carbonyl (C=O) groups excluding carboxylic acids is 1. The first-order valence-corrected chi connectivity index (χ1v) is 6.39. The SMILES string of the molecule is O=C(C[C@H]1C=CCC1)Nc1ccc2[nH]c(=O)[nH]c2c1. The van der Waals surface area contributed by atoms with Gasteiger partial charge in [0.05, 0.1) is 11.0 Å². The lowest BCUT2D eigenvalue weighted by Crippen LogP contribution is -2.14. The van der Waals surface area contributed by atoms with Crippen molar-refractivity contribution in [1.29, 1.82) is 0 Å². The van der Waals surface area contributed by atoms with Gasteiger partial charge in [0.2, 0.25) is 5.91 Å². The van der Waals surface area contributed by atoms with Crippen LogP contribution in [0.3, 0.4) is 0 Å². The number of H-pyrrole nitrogens is 2. The molecule has 19 heavy (non-hydrogen) atoms. The van der Waals surface area contributed by atoms with E-state index in [2.05, 4.69) is 27.4 Å². The van der Waals surface area contributed by atoms with E-state index in [1.54, 1.807) is 18.2 Å². The summed E-state index contributed by atoms with van der Waals surface area (Å²) in [6, 6.07) is 5.32. The molecule has 1 aliphatic rings. The highest BCUT2D eigenvalue weighted by molar-refractivity contribution is 5.93. The Morgan fingerprint density at radius 1 is 1.32 bits per heavy atom. The Kier molecular flexibility index (Phi) is 2.95. The molecule has 5 nitrogen and oxygen atoms in total. The number of carbonyl (C=O) groups is 1. The van der Waals surface area contributed by atoms with Gasteiger partial charge in [-0.3, -0.25) is 4.79 Å². The highest BCUT2D eigenvalue weighted by Gasteiger charge is 2.14. The zero-order chi connectivity index (χ0) is 13.2. The van der Waals surface area contributed by atoms with Crippen molar-refractivity contribution in [2.24, 2.45) is 5.92 Å². The van der Waals surface area contributed by atoms with Crippen LogP contribution in [0.1, 0.15) is 19.3 Å². The van der Waals surface area contributed by atoms with Gasteiger partial charge in [-0.1, -0.05) is 12.2 Å². The van der Waals surface area contributed by atoms with Crippen LogP contribution in [0.15, 0.2) is 35.1 Å². The first-order valence-electron chi connectivity index (χ1n) is 6.39. The molecule has 0 saturated carbocycles. The Morgan fingerprint density at radius 3 is 2.95 bits per heavy atom. The normalized spacial score (nSPS) is 18.0. The maximum Gasteiger partial charge on any atom is 0.323 e. The third kappa shape index (κ3) is 2.59. The van der Waals surface area contributed by atoms with Crippen molar-refractivity contribution in [3.05, 3.63) is 40.8 Å². The van der Waals surface area contributed by atoms with Gasteiger partial charge in [-0.2, -0.15) is 0 Å². The molecule has 3 N–H and O–H groups in total. The van der Waals surface area contributed by atoms with Crippen molar-refractivity contribution in [1.82, 2.24) is 9.97 Å². The summed E-state index contributed by atoms with van der Waals surface area (Å²) in [5.74, 6) is 0.365. The smallest absolute Gasteiger partial charge is 0.323 e. The Balaban J connectivity index is 1.71. The van der Waals surface area contributed by atoms with E-state index in [1.165, 1.54) is 0 Å². The topological polar surface area (TPSA) is 77.8 Å². The number of hydrogen-bond donors (Lipinski definition) is 3. The molecule has 1 aromatic heterocycles. The first kappa shape index (κ1) is 11.8. The largest absolute Gasteiger partial charge is 0.326 e. The van der Waals surface area contributed by atoms with Gasteiger partial charge in [0, 0.05) is 12.1 Å². The van der Waals surface area contributed by atoms with Crippen molar-refractivity contribution in [2.45, 2.75) is 19.3 Å². The Morgan fingerprint density at radius 2 is 2.16 bits per heavy atom. The van der Waals surface area contributed by atoms with Gasteiger partial charge < -0.3 is 15.3 Å². The van der Waals surface area contributed by atoms with Crippen LogP contribution in [0.25, 0.3) is 11.0 Å². The number of benzene rings is 1. The third-order valence-electron chi connectivity index (χ3n) is 3.36. The maximum absolute atomic E-state index is 11.9. The fraction of sp³-hybridized carbons (Fsp3) is 0.286. The average molecular weight is 257 g/mol. The Hall–Kier alpha value is -2.30. The van der Waals surface area contributed by atoms with E-state index in [9.17, 15) is 9.59 Å². The van der Waals surface area contributed by atoms with E-state index in [0.29, 0.717) is 23.5 Å². The summed E-state index contributed by atoms with van der Waals surface area (Å²) in [5, 5.41) is 2.86. The van der Waals surface area contributed by atoms with Gasteiger partial charge in [-0.25, -0.2) is 4.79 Å². The van der Waals surface area contributed by atoms with Crippen LogP contribution in [-0.2, 0) is 4.79 Å². The molecule has 5 heteroatoms. The molecular weight excluding hydrogens is 242 g/mol. The van der Waals surface area contributed by atoms with Gasteiger partial charge >= 0.3 is 5.69 Å². The zero-order valence-electron chi connectivity index (χ0n) is 10.4. The number of fused-ring (bicyclic) bond motifs is 1. The number of anilines is 1. The van der Waals surface area contributed by atoms with Gasteiger partial charge in [0.25, 0.3) is 0 Å². The van der Waals surface area contributed by atoms with Crippen LogP contribution in [0.2, 0.25) is 0 Å². The molecule has 0 radical (unpaired) electrons. The Labute approximate surface area is 109 Å². The number of rotatable bonds is 3. The minimum Gasteiger partial charge on any atom is -0.326 e. The standard InChI is InChI=1S/C14H15N3O2/c18-13(7-9-3-1-2-4-9)15-10-5-6-11-12(8-10)17-14(19)16-11/h1,3,5-6,8-9H,2,4,7H2,(H,15,18)(H2,16,17,19)/t9-/m0/s1. The predicted octanol–water partition coefficient (Wildman–Crippen LogP) is 2.15. The van der Waals surface area contributed by atoms with E-state index in [-0.39, 0.29) is 11.6 Å². The van der Waals surface area contributed by atoms with Crippen LogP contribution in [0.5, 0.6) is 0 Å². The second kappa shape index (κ2) is 4.76. The van der Waals surface area contributed by atoms with Gasteiger partial charge in [0.15, 0.2) is 0 Å². The van der Waals surface area contributed by atoms with E-state index in [1.807, 2.05) is 0 Å². The van der Waals surface area contributed by atoms with Crippen molar-refractivity contribution in [3.63, 3.8) is 0 Å². The molecular formula is C14H15N3O2. The summed E-state index contributed by atoms with van der Waals surface area (Å²) in [5.41, 5.74) is 1.90. The molecule has 1 amide bonds. The van der Waals surface area contributed by atoms with E-state index < -0.39 is 0 Å². The average Bonchev–Trinajstić information content (AvgIpc) is 2.96. The molecule has 3 rings (SSSR count). The Bertz CT molecular complexity index is 696. The van der Waals surface area contributed by atoms with Crippen molar-refractivity contribution in [3.8, 4) is 0 Å². The molecule has 0 fully saturated rings. The summed E-state index contributed by atoms with van der Waals surface area (Å²) < 4.78 is 0. The van der Waals surface area contributed by atoms with Crippen LogP contribution in [0.4, 0.5) is 5.69 Å². The lowest BCUT2D eigenvalue weighted by Gasteiger charge is -2.08. The van der Waals surface area contributed by atoms with Gasteiger partial charge in [0.1, 0.15) is 0 Å². The fourth-order valence-corrected chi connectivity index (χ4v) is 2.43. The van der Waals surface area contributed by atoms with Crippen LogP contribution in [-0.4, -0.2) is 15.9 Å². The molecule has 1 aliphatic carbocycles. The van der Waals surface area contributed by atoms with Crippen LogP contribution < -0.4 is 11.0 Å². The monoisotopic (exact) mass is 257 g/mol. The molecule has 0 bridgehead atoms. The zero-order valence-corrected chi connectivity index (χ0v) is 10.4. The first-order chi connectivity index (χ1) is 9.20. The third-order valence-corrected chi connectivity index (χ3v) is 3.36. The van der Waals surface area contributed by atoms with Crippen molar-refractivity contribution in [2.75, 3.05) is 5.32 Å². The van der Waals surface area contributed by atoms with E-state index in [4.69, 9.17) is 0 Å². The van der Waals surface area contributed by atoms with Gasteiger partial charge in [-0.15, -0.1) is 0 Å². The van der Waals surface area contributed by atoms with E-state index in [0.717, 1.165) is 18.4 Å². The number of amides is 1. The second-order valence-corrected chi connectivity index (χ2v) is 4.86. The molecule has 1 atom stereocenters. The highest BCUT2D eigenvalue weighted by atomic mass is 16.1. The van der Waals surface area contributed by atoms with Crippen LogP contribution >= 0.6 is 0 Å². The summed E-state index contributed by atoms with van der Waals surface area (Å²) in [6.07, 6.45) is 6.85. The molecule has 0 aliphatic heterocycles. The summed E-state index contributed by atoms with van der Waals surface area (Å²) in [7, 11) is 0. The molecule has 98 valence electrons. The van der Waals surface area contributed by atoms with Crippen molar-refractivity contribution >= 4 is 22.6 Å². The van der Waals surface area contributed by atoms with Gasteiger partial charge in [-0.05, 0) is 37.0 Å². The second-order valence-electron chi connectivity index (χ2n) is 4.86. The predicted molar refractivity (Wildman–Crippen MR) is 74.0 cm³/mol. The number of nitrogens with one attached hydrogen (secondary N) is 3. The maximum atomic E-state index is 11.9. The molecule has 0 unspecified atom stereocenters. The molecule has 0 saturated heterocycles. The number of allylic oxidation sites excluding steroid dienone is 2. The molecule has 2 aromatic rings. The quantitative estimate of drug-likeness (QED) is 0.737. The minimum atomic E-state index is -0.241. The summed E-state index contributed by atoms with van der Waals surface area (Å²) in [4.78, 5) is 28.4. The van der Waals surface area contributed by atoms with E-state index >= 15 is 0 Å². The molecule has 1 aromatic carbocycles. The number of aromatic amines is 2. The number of imidazole rings is 1. The molecule has 1 heterocycles. The summed E-state index contributed by atoms with van der Waals surface area (Å²) in [6.45, 7) is 0. The fourth-order valence-electron chi connectivity index (χ4n) is 2.43. The minimum absolute atomic E-state index is 0.00813. The summed E-state index contributed by atoms with van der Waals surface area (Å²) >= 11 is 0. The van der Waals surface area contributed by atoms with Crippen LogP contribution in [0, 0.1) is 5.92 Å². The van der Waals surface area contributed by atoms with Crippen molar-refractivity contribution < 1.29 is 4.79 Å². The lowest BCUT2D eigenvalue weighted by atomic mass is 10.1. The number of hydrogen-bond acceptors (Lipinski definition) is 2.